The van der Waals surface area contributed by atoms with Gasteiger partial charge in [0, 0.05) is 0 Å². The lowest BCUT2D eigenvalue weighted by Gasteiger charge is -2.39. The minimum Gasteiger partial charge on any atom is -0.324 e. The summed E-state index contributed by atoms with van der Waals surface area (Å²) in [5.41, 5.74) is 0. The highest BCUT2D eigenvalue weighted by Crippen LogP contribution is 2.17. The van der Waals surface area contributed by atoms with Crippen molar-refractivity contribution in [3.63, 3.8) is 0 Å². The second-order valence-electron chi connectivity index (χ2n) is 12.5. The lowest BCUT2D eigenvalue weighted by atomic mass is 10.1. The fourth-order valence-electron chi connectivity index (χ4n) is 5.63. The van der Waals surface area contributed by atoms with Crippen LogP contribution in [-0.2, 0) is 0 Å². The third-order valence-electron chi connectivity index (χ3n) is 8.49. The number of unbranched alkanes of at least 4 members (excludes halogenated alkanes) is 8. The van der Waals surface area contributed by atoms with E-state index in [0.717, 1.165) is 0 Å². The van der Waals surface area contributed by atoms with E-state index in [-0.39, 0.29) is 0 Å². The molecule has 0 amide bonds. The number of aromatic nitrogens is 3. The highest BCUT2D eigenvalue weighted by atomic mass is 32.1. The Bertz CT molecular complexity index is 574. The zero-order chi connectivity index (χ0) is 32.8. The quantitative estimate of drug-likeness (QED) is 0.0762. The normalized spacial score (nSPS) is 11.5. The van der Waals surface area contributed by atoms with Crippen molar-refractivity contribution < 1.29 is 8.97 Å². The zero-order valence-corrected chi connectivity index (χ0v) is 32.7. The number of quaternary nitrogens is 2. The van der Waals surface area contributed by atoms with Crippen LogP contribution < -0.4 is 0 Å². The molecule has 0 aliphatic carbocycles. The summed E-state index contributed by atoms with van der Waals surface area (Å²) in [6.45, 7) is 30.0. The van der Waals surface area contributed by atoms with E-state index in [1.165, 1.54) is 164 Å². The lowest BCUT2D eigenvalue weighted by molar-refractivity contribution is -0.929. The van der Waals surface area contributed by atoms with Crippen LogP contribution in [0.25, 0.3) is 0 Å². The molecule has 0 aromatic carbocycles. The maximum Gasteiger partial charge on any atom is 0.189 e. The first kappa shape index (κ1) is 45.1. The molecular weight excluding hydrogens is 587 g/mol. The maximum absolute atomic E-state index is 3.86. The molecule has 1 rings (SSSR count). The van der Waals surface area contributed by atoms with Crippen LogP contribution >= 0.6 is 37.9 Å². The van der Waals surface area contributed by atoms with E-state index in [1.807, 2.05) is 0 Å². The van der Waals surface area contributed by atoms with Crippen molar-refractivity contribution in [2.45, 2.75) is 174 Å². The van der Waals surface area contributed by atoms with Crippen LogP contribution in [0.4, 0.5) is 0 Å². The molecule has 1 aromatic heterocycles. The van der Waals surface area contributed by atoms with Crippen molar-refractivity contribution in [3.8, 4) is 0 Å². The van der Waals surface area contributed by atoms with E-state index >= 15 is 0 Å². The van der Waals surface area contributed by atoms with Gasteiger partial charge >= 0.3 is 0 Å². The first-order chi connectivity index (χ1) is 20.7. The van der Waals surface area contributed by atoms with E-state index in [2.05, 4.69) is 108 Å². The van der Waals surface area contributed by atoms with Gasteiger partial charge in [0.15, 0.2) is 15.5 Å². The smallest absolute Gasteiger partial charge is 0.189 e. The predicted octanol–water partition coefficient (Wildman–Crippen LogP) is 10.7. The second kappa shape index (κ2) is 30.6. The molecule has 8 heteroatoms. The maximum atomic E-state index is 3.86. The standard InChI is InChI=1S/2C16H36N.C3H3N3S3/c2*1-5-9-13-17(14-10-6-2,15-11-7-3)16-12-8-4;7-1-4-2(8)6-3(9)5-1/h2*5-16H2,1-4H3;(H3,4,5,6,7,8,9)/q2*+1;. The van der Waals surface area contributed by atoms with Crippen molar-refractivity contribution in [3.05, 3.63) is 0 Å². The van der Waals surface area contributed by atoms with Gasteiger partial charge in [-0.3, -0.25) is 0 Å². The van der Waals surface area contributed by atoms with Crippen LogP contribution in [0.1, 0.15) is 158 Å². The largest absolute Gasteiger partial charge is 0.324 e. The summed E-state index contributed by atoms with van der Waals surface area (Å²) >= 11 is 11.6. The molecule has 0 saturated heterocycles. The first-order valence-electron chi connectivity index (χ1n) is 18.2. The Morgan fingerprint density at radius 1 is 0.326 bits per heavy atom. The Kier molecular flexibility index (Phi) is 32.1. The van der Waals surface area contributed by atoms with Crippen LogP contribution in [0, 0.1) is 0 Å². The molecule has 0 fully saturated rings. The van der Waals surface area contributed by atoms with Gasteiger partial charge in [-0.2, -0.15) is 15.0 Å². The number of rotatable bonds is 24. The Morgan fingerprint density at radius 2 is 0.465 bits per heavy atom. The minimum atomic E-state index is 0.333. The Morgan fingerprint density at radius 3 is 0.581 bits per heavy atom. The Hall–Kier alpha value is -0.0200. The van der Waals surface area contributed by atoms with Gasteiger partial charge in [0.2, 0.25) is 0 Å². The van der Waals surface area contributed by atoms with Gasteiger partial charge in [-0.25, -0.2) is 0 Å². The van der Waals surface area contributed by atoms with Crippen LogP contribution in [0.2, 0.25) is 0 Å². The molecule has 0 saturated carbocycles. The van der Waals surface area contributed by atoms with E-state index < -0.39 is 0 Å². The number of hydrogen-bond donors (Lipinski definition) is 3. The molecular formula is C35H75N5S3+2. The topological polar surface area (TPSA) is 38.7 Å². The molecule has 0 spiro atoms. The second-order valence-corrected chi connectivity index (χ2v) is 13.7. The van der Waals surface area contributed by atoms with Gasteiger partial charge in [0.05, 0.1) is 52.4 Å². The molecule has 1 heterocycles. The molecule has 5 nitrogen and oxygen atoms in total. The molecule has 1 aromatic rings. The molecule has 0 bridgehead atoms. The number of nitrogens with zero attached hydrogens (tertiary/aromatic N) is 5. The molecule has 256 valence electrons. The van der Waals surface area contributed by atoms with Gasteiger partial charge in [0.1, 0.15) is 0 Å². The van der Waals surface area contributed by atoms with Gasteiger partial charge in [-0.15, -0.1) is 37.9 Å². The van der Waals surface area contributed by atoms with Crippen LogP contribution in [0.5, 0.6) is 0 Å². The fraction of sp³-hybridized carbons (Fsp3) is 0.914. The van der Waals surface area contributed by atoms with E-state index in [4.69, 9.17) is 0 Å². The van der Waals surface area contributed by atoms with Crippen molar-refractivity contribution in [1.82, 2.24) is 15.0 Å². The minimum absolute atomic E-state index is 0.333. The lowest BCUT2D eigenvalue weighted by Crippen LogP contribution is -2.50. The molecule has 0 radical (unpaired) electrons. The highest BCUT2D eigenvalue weighted by molar-refractivity contribution is 7.81. The number of hydrogen-bond acceptors (Lipinski definition) is 6. The third kappa shape index (κ3) is 24.8. The molecule has 0 aliphatic heterocycles. The molecule has 43 heavy (non-hydrogen) atoms. The third-order valence-corrected chi connectivity index (χ3v) is 9.09. The summed E-state index contributed by atoms with van der Waals surface area (Å²) in [4.78, 5) is 11.1. The average Bonchev–Trinajstić information content (AvgIpc) is 2.99. The first-order valence-corrected chi connectivity index (χ1v) is 19.5. The van der Waals surface area contributed by atoms with Gasteiger partial charge in [0.25, 0.3) is 0 Å². The molecule has 0 N–H and O–H groups in total. The summed E-state index contributed by atoms with van der Waals surface area (Å²) in [5, 5.41) is 1.00. The van der Waals surface area contributed by atoms with Crippen LogP contribution in [0.15, 0.2) is 15.5 Å². The van der Waals surface area contributed by atoms with Gasteiger partial charge < -0.3 is 8.97 Å². The number of thiol groups is 3. The highest BCUT2D eigenvalue weighted by Gasteiger charge is 2.25. The summed E-state index contributed by atoms with van der Waals surface area (Å²) in [6.07, 6.45) is 22.1. The van der Waals surface area contributed by atoms with Crippen molar-refractivity contribution in [2.75, 3.05) is 52.4 Å². The summed E-state index contributed by atoms with van der Waals surface area (Å²) in [6, 6.07) is 0. The SMILES string of the molecule is CCCC[N+](CCCC)(CCCC)CCCC.CCCC[N+](CCCC)(CCCC)CCCC.Sc1nc(S)nc(S)n1. The molecule has 0 unspecified atom stereocenters. The van der Waals surface area contributed by atoms with E-state index in [1.54, 1.807) is 0 Å². The van der Waals surface area contributed by atoms with E-state index in [9.17, 15) is 0 Å². The predicted molar refractivity (Wildman–Crippen MR) is 200 cm³/mol. The Labute approximate surface area is 286 Å². The van der Waals surface area contributed by atoms with Gasteiger partial charge in [-0.05, 0) is 51.4 Å². The summed E-state index contributed by atoms with van der Waals surface area (Å²) in [7, 11) is 0. The average molecular weight is 662 g/mol. The zero-order valence-electron chi connectivity index (χ0n) is 30.0. The van der Waals surface area contributed by atoms with Crippen molar-refractivity contribution in [1.29, 1.82) is 0 Å². The summed E-state index contributed by atoms with van der Waals surface area (Å²) < 4.78 is 2.84. The van der Waals surface area contributed by atoms with Crippen LogP contribution in [0.3, 0.4) is 0 Å². The fourth-order valence-corrected chi connectivity index (χ4v) is 6.44. The monoisotopic (exact) mass is 662 g/mol. The molecule has 0 aliphatic rings. The van der Waals surface area contributed by atoms with Crippen molar-refractivity contribution in [2.24, 2.45) is 0 Å². The van der Waals surface area contributed by atoms with E-state index in [0.29, 0.717) is 15.5 Å². The summed E-state index contributed by atoms with van der Waals surface area (Å²) in [5.74, 6) is 0. The van der Waals surface area contributed by atoms with Crippen LogP contribution in [-0.4, -0.2) is 76.3 Å². The molecule has 0 atom stereocenters. The Balaban J connectivity index is 0. The van der Waals surface area contributed by atoms with Crippen molar-refractivity contribution >= 4 is 37.9 Å². The van der Waals surface area contributed by atoms with Gasteiger partial charge in [-0.1, -0.05) is 107 Å².